The third kappa shape index (κ3) is 5.35. The molecule has 1 nitrogen and oxygen atoms in total. The monoisotopic (exact) mass is 757 g/mol. The Balaban J connectivity index is 1.26. The molecule has 1 spiro atoms. The molecular weight excluding hydrogens is 711 g/mol. The van der Waals surface area contributed by atoms with Gasteiger partial charge in [0.05, 0.1) is 10.8 Å². The fourth-order valence-electron chi connectivity index (χ4n) is 10.5. The standard InChI is InChI=1S/C58H47N/c1-7-21-47-48-34-33-41(38-55(48)58(50(47)10-4)51(22-8-2)39(5)45-27-15-17-30-52(45)58)40-23-19-24-42(37-40)46-29-20-32-54-56(46)49-28-16-18-31-53(49)57(54,43(9-3)35-36-59-6)44-25-13-11-12-14-26-44/h7-11,13-38H,2,4-6,12H2,1,3H3/b21-7-,36-35-,43-9+,51-22+. The quantitative estimate of drug-likeness (QED) is 0.105. The second-order valence-corrected chi connectivity index (χ2v) is 15.4. The Hall–Kier alpha value is -7.09. The third-order valence-corrected chi connectivity index (χ3v) is 12.7. The Morgan fingerprint density at radius 2 is 1.44 bits per heavy atom. The minimum atomic E-state index is -0.564. The van der Waals surface area contributed by atoms with Crippen molar-refractivity contribution < 1.29 is 0 Å². The topological polar surface area (TPSA) is 12.4 Å². The van der Waals surface area contributed by atoms with Crippen LogP contribution in [0.4, 0.5) is 0 Å². The molecule has 0 heterocycles. The molecule has 0 aliphatic heterocycles. The number of hydrogen-bond donors (Lipinski definition) is 0. The van der Waals surface area contributed by atoms with E-state index in [2.05, 4.69) is 221 Å². The van der Waals surface area contributed by atoms with Gasteiger partial charge in [-0.15, -0.1) is 0 Å². The van der Waals surface area contributed by atoms with E-state index < -0.39 is 10.8 Å². The van der Waals surface area contributed by atoms with Gasteiger partial charge in [-0.25, -0.2) is 0 Å². The minimum absolute atomic E-state index is 0.548. The van der Waals surface area contributed by atoms with Gasteiger partial charge in [-0.3, -0.25) is 4.99 Å². The highest BCUT2D eigenvalue weighted by Gasteiger charge is 2.53. The second kappa shape index (κ2) is 15.0. The van der Waals surface area contributed by atoms with E-state index in [1.165, 1.54) is 66.8 Å². The second-order valence-electron chi connectivity index (χ2n) is 15.4. The van der Waals surface area contributed by atoms with Crippen molar-refractivity contribution in [3.8, 4) is 33.4 Å². The molecular formula is C58H47N. The molecule has 0 N–H and O–H groups in total. The molecule has 0 saturated heterocycles. The molecule has 4 aliphatic carbocycles. The van der Waals surface area contributed by atoms with Crippen LogP contribution < -0.4 is 0 Å². The van der Waals surface area contributed by atoms with Crippen LogP contribution >= 0.6 is 0 Å². The lowest BCUT2D eigenvalue weighted by Gasteiger charge is -2.35. The number of allylic oxidation sites excluding steroid dienone is 18. The maximum absolute atomic E-state index is 4.66. The molecule has 4 aliphatic rings. The molecule has 5 aromatic carbocycles. The Bertz CT molecular complexity index is 2890. The molecule has 0 amide bonds. The van der Waals surface area contributed by atoms with Crippen molar-refractivity contribution >= 4 is 17.9 Å². The highest BCUT2D eigenvalue weighted by molar-refractivity contribution is 6.02. The van der Waals surface area contributed by atoms with Crippen molar-refractivity contribution in [3.05, 3.63) is 264 Å². The van der Waals surface area contributed by atoms with Crippen LogP contribution in [0.3, 0.4) is 0 Å². The van der Waals surface area contributed by atoms with Crippen LogP contribution in [-0.4, -0.2) is 6.72 Å². The summed E-state index contributed by atoms with van der Waals surface area (Å²) >= 11 is 0. The van der Waals surface area contributed by atoms with Crippen molar-refractivity contribution in [3.63, 3.8) is 0 Å². The molecule has 5 aromatic rings. The Kier molecular flexibility index (Phi) is 9.54. The van der Waals surface area contributed by atoms with Gasteiger partial charge in [0.25, 0.3) is 0 Å². The molecule has 0 radical (unpaired) electrons. The van der Waals surface area contributed by atoms with Gasteiger partial charge in [0, 0.05) is 6.20 Å². The zero-order valence-corrected chi connectivity index (χ0v) is 33.9. The molecule has 59 heavy (non-hydrogen) atoms. The number of rotatable bonds is 9. The van der Waals surface area contributed by atoms with Gasteiger partial charge in [-0.1, -0.05) is 184 Å². The van der Waals surface area contributed by atoms with E-state index >= 15 is 0 Å². The van der Waals surface area contributed by atoms with E-state index in [0.29, 0.717) is 0 Å². The molecule has 0 fully saturated rings. The van der Waals surface area contributed by atoms with E-state index in [9.17, 15) is 0 Å². The summed E-state index contributed by atoms with van der Waals surface area (Å²) in [6, 6.07) is 40.5. The Labute approximate surface area is 349 Å². The van der Waals surface area contributed by atoms with Gasteiger partial charge < -0.3 is 0 Å². The lowest BCUT2D eigenvalue weighted by atomic mass is 9.66. The van der Waals surface area contributed by atoms with Crippen molar-refractivity contribution in [1.82, 2.24) is 0 Å². The molecule has 284 valence electrons. The minimum Gasteiger partial charge on any atom is -0.273 e. The van der Waals surface area contributed by atoms with Crippen LogP contribution in [-0.2, 0) is 10.8 Å². The maximum Gasteiger partial charge on any atom is 0.0725 e. The van der Waals surface area contributed by atoms with E-state index in [1.54, 1.807) is 0 Å². The van der Waals surface area contributed by atoms with Gasteiger partial charge in [0.15, 0.2) is 0 Å². The third-order valence-electron chi connectivity index (χ3n) is 12.7. The largest absolute Gasteiger partial charge is 0.273 e. The average Bonchev–Trinajstić information content (AvgIpc) is 3.68. The molecule has 0 aromatic heterocycles. The summed E-state index contributed by atoms with van der Waals surface area (Å²) in [5.74, 6) is 0. The highest BCUT2D eigenvalue weighted by Crippen LogP contribution is 2.64. The van der Waals surface area contributed by atoms with Crippen LogP contribution in [0.2, 0.25) is 0 Å². The molecule has 2 unspecified atom stereocenters. The predicted octanol–water partition coefficient (Wildman–Crippen LogP) is 14.8. The van der Waals surface area contributed by atoms with Gasteiger partial charge in [-0.2, -0.15) is 0 Å². The lowest BCUT2D eigenvalue weighted by molar-refractivity contribution is 0.763. The van der Waals surface area contributed by atoms with E-state index in [1.807, 2.05) is 12.3 Å². The van der Waals surface area contributed by atoms with Crippen LogP contribution in [0.5, 0.6) is 0 Å². The van der Waals surface area contributed by atoms with Crippen LogP contribution in [0.25, 0.3) is 44.5 Å². The molecule has 1 heteroatoms. The van der Waals surface area contributed by atoms with Crippen molar-refractivity contribution in [2.75, 3.05) is 0 Å². The first-order valence-electron chi connectivity index (χ1n) is 20.4. The summed E-state index contributed by atoms with van der Waals surface area (Å²) in [5.41, 5.74) is 20.4. The van der Waals surface area contributed by atoms with Gasteiger partial charge >= 0.3 is 0 Å². The number of fused-ring (bicyclic) bond motifs is 7. The van der Waals surface area contributed by atoms with Crippen molar-refractivity contribution in [2.45, 2.75) is 31.1 Å². The van der Waals surface area contributed by atoms with Gasteiger partial charge in [-0.05, 0) is 145 Å². The maximum atomic E-state index is 4.66. The summed E-state index contributed by atoms with van der Waals surface area (Å²) in [4.78, 5) is 4.16. The lowest BCUT2D eigenvalue weighted by Crippen LogP contribution is -2.29. The zero-order chi connectivity index (χ0) is 40.7. The molecule has 0 bridgehead atoms. The molecule has 0 saturated carbocycles. The predicted molar refractivity (Wildman–Crippen MR) is 253 cm³/mol. The first-order chi connectivity index (χ1) is 29.0. The highest BCUT2D eigenvalue weighted by atomic mass is 14.6. The molecule has 9 rings (SSSR count). The summed E-state index contributed by atoms with van der Waals surface area (Å²) < 4.78 is 0. The Morgan fingerprint density at radius 1 is 0.712 bits per heavy atom. The summed E-state index contributed by atoms with van der Waals surface area (Å²) in [7, 11) is 0. The van der Waals surface area contributed by atoms with Crippen LogP contribution in [0.1, 0.15) is 53.6 Å². The van der Waals surface area contributed by atoms with E-state index in [0.717, 1.165) is 39.8 Å². The number of benzene rings is 5. The summed E-state index contributed by atoms with van der Waals surface area (Å²) in [6.07, 6.45) is 28.8. The van der Waals surface area contributed by atoms with E-state index in [4.69, 9.17) is 0 Å². The normalized spacial score (nSPS) is 20.9. The number of aliphatic imine (C=N–C) groups is 1. The first-order valence-corrected chi connectivity index (χ1v) is 20.4. The van der Waals surface area contributed by atoms with Crippen molar-refractivity contribution in [1.29, 1.82) is 0 Å². The van der Waals surface area contributed by atoms with Crippen molar-refractivity contribution in [2.24, 2.45) is 4.99 Å². The number of hydrogen-bond acceptors (Lipinski definition) is 1. The van der Waals surface area contributed by atoms with Crippen LogP contribution in [0, 0.1) is 0 Å². The van der Waals surface area contributed by atoms with Gasteiger partial charge in [0.1, 0.15) is 0 Å². The summed E-state index contributed by atoms with van der Waals surface area (Å²) in [5, 5.41) is 0. The van der Waals surface area contributed by atoms with Crippen LogP contribution in [0.15, 0.2) is 235 Å². The first kappa shape index (κ1) is 37.5. The smallest absolute Gasteiger partial charge is 0.0725 e. The average molecular weight is 758 g/mol. The van der Waals surface area contributed by atoms with Gasteiger partial charge in [0.2, 0.25) is 0 Å². The molecule has 2 atom stereocenters. The van der Waals surface area contributed by atoms with E-state index in [-0.39, 0.29) is 0 Å². The Morgan fingerprint density at radius 3 is 2.22 bits per heavy atom. The fourth-order valence-corrected chi connectivity index (χ4v) is 10.5. The fraction of sp³-hybridized carbons (Fsp3) is 0.0862. The number of nitrogens with zero attached hydrogens (tertiary/aromatic N) is 1. The SMILES string of the molecule is C=C/C=C1\C(=C)c2ccccc2C12C(C=C)=C(/C=C\C)c1ccc(-c3cccc(-c4cccc5c4-c4ccccc4C5(C4=CC=CCC=C4)C(/C=C\N=C)=C/C)c3)cc12. The zero-order valence-electron chi connectivity index (χ0n) is 33.9. The summed E-state index contributed by atoms with van der Waals surface area (Å²) in [6.45, 7) is 21.2.